The lowest BCUT2D eigenvalue weighted by Crippen LogP contribution is -2.34. The molecule has 7 nitrogen and oxygen atoms in total. The highest BCUT2D eigenvalue weighted by molar-refractivity contribution is 6.30. The number of esters is 1. The summed E-state index contributed by atoms with van der Waals surface area (Å²) in [5.74, 6) is -3.68. The summed E-state index contributed by atoms with van der Waals surface area (Å²) in [4.78, 5) is 50.5. The van der Waals surface area contributed by atoms with Gasteiger partial charge >= 0.3 is 5.97 Å². The molecule has 7 heteroatoms. The Kier molecular flexibility index (Phi) is 5.30. The van der Waals surface area contributed by atoms with Gasteiger partial charge in [-0.3, -0.25) is 14.4 Å². The molecule has 1 saturated heterocycles. The smallest absolute Gasteiger partial charge is 0.338 e. The molecule has 1 heterocycles. The first-order chi connectivity index (χ1) is 13.0. The monoisotopic (exact) mass is 366 g/mol. The van der Waals surface area contributed by atoms with E-state index in [1.165, 1.54) is 11.0 Å². The molecule has 0 aromatic heterocycles. The van der Waals surface area contributed by atoms with Crippen molar-refractivity contribution >= 4 is 34.9 Å². The van der Waals surface area contributed by atoms with Crippen LogP contribution in [-0.4, -0.2) is 36.7 Å². The molecule has 1 N–H and O–H groups in total. The zero-order chi connectivity index (χ0) is 19.4. The summed E-state index contributed by atoms with van der Waals surface area (Å²) in [5.41, 5.74) is 1.14. The minimum Gasteiger partial charge on any atom is -0.462 e. The molecule has 0 saturated carbocycles. The predicted octanol–water partition coefficient (Wildman–Crippen LogP) is 2.03. The number of hydrogen-bond donors (Lipinski definition) is 1. The Hall–Kier alpha value is -3.48. The summed E-state index contributed by atoms with van der Waals surface area (Å²) in [7, 11) is 0. The number of Topliss-reactive ketones (excluding diaryl/α,β-unsaturated/α-hetero) is 1. The molecular formula is C20H18N2O5. The second-order valence-corrected chi connectivity index (χ2v) is 5.95. The summed E-state index contributed by atoms with van der Waals surface area (Å²) < 4.78 is 4.92. The highest BCUT2D eigenvalue weighted by Crippen LogP contribution is 2.24. The van der Waals surface area contributed by atoms with Crippen molar-refractivity contribution in [2.45, 2.75) is 6.92 Å². The molecule has 0 spiro atoms. The first kappa shape index (κ1) is 18.3. The van der Waals surface area contributed by atoms with Crippen LogP contribution >= 0.6 is 0 Å². The van der Waals surface area contributed by atoms with Gasteiger partial charge in [-0.1, -0.05) is 24.3 Å². The second kappa shape index (κ2) is 7.82. The van der Waals surface area contributed by atoms with Gasteiger partial charge < -0.3 is 15.0 Å². The van der Waals surface area contributed by atoms with E-state index in [1.54, 1.807) is 55.5 Å². The third-order valence-corrected chi connectivity index (χ3v) is 4.12. The number of anilines is 2. The van der Waals surface area contributed by atoms with Crippen molar-refractivity contribution in [1.29, 1.82) is 0 Å². The molecule has 3 rings (SSSR count). The Labute approximate surface area is 155 Å². The lowest BCUT2D eigenvalue weighted by molar-refractivity contribution is -0.134. The Morgan fingerprint density at radius 1 is 1.11 bits per heavy atom. The van der Waals surface area contributed by atoms with Crippen molar-refractivity contribution in [2.75, 3.05) is 23.4 Å². The van der Waals surface area contributed by atoms with Gasteiger partial charge in [0.2, 0.25) is 11.8 Å². The quantitative estimate of drug-likeness (QED) is 0.646. The van der Waals surface area contributed by atoms with Gasteiger partial charge in [-0.2, -0.15) is 0 Å². The molecule has 0 bridgehead atoms. The zero-order valence-corrected chi connectivity index (χ0v) is 14.7. The fourth-order valence-electron chi connectivity index (χ4n) is 2.86. The van der Waals surface area contributed by atoms with E-state index in [1.807, 2.05) is 0 Å². The van der Waals surface area contributed by atoms with Crippen LogP contribution < -0.4 is 10.2 Å². The predicted molar refractivity (Wildman–Crippen MR) is 98.3 cm³/mol. The van der Waals surface area contributed by atoms with Gasteiger partial charge in [0.15, 0.2) is 11.7 Å². The summed E-state index contributed by atoms with van der Waals surface area (Å²) in [6, 6.07) is 14.8. The molecule has 2 amide bonds. The van der Waals surface area contributed by atoms with E-state index in [0.29, 0.717) is 11.4 Å². The van der Waals surface area contributed by atoms with Gasteiger partial charge in [0.25, 0.3) is 0 Å². The maximum Gasteiger partial charge on any atom is 0.338 e. The van der Waals surface area contributed by atoms with Gasteiger partial charge in [-0.15, -0.1) is 0 Å². The molecule has 0 unspecified atom stereocenters. The molecule has 1 aliphatic heterocycles. The molecule has 0 aliphatic carbocycles. The van der Waals surface area contributed by atoms with Crippen molar-refractivity contribution in [3.63, 3.8) is 0 Å². The van der Waals surface area contributed by atoms with E-state index in [2.05, 4.69) is 5.32 Å². The first-order valence-electron chi connectivity index (χ1n) is 8.48. The topological polar surface area (TPSA) is 92.8 Å². The highest BCUT2D eigenvalue weighted by Gasteiger charge is 2.44. The molecular weight excluding hydrogens is 348 g/mol. The van der Waals surface area contributed by atoms with E-state index in [0.717, 1.165) is 0 Å². The number of nitrogens with one attached hydrogen (secondary N) is 1. The van der Waals surface area contributed by atoms with Crippen molar-refractivity contribution in [3.05, 3.63) is 60.2 Å². The Morgan fingerprint density at radius 3 is 2.56 bits per heavy atom. The largest absolute Gasteiger partial charge is 0.462 e. The van der Waals surface area contributed by atoms with Crippen LogP contribution in [0.25, 0.3) is 0 Å². The lowest BCUT2D eigenvalue weighted by Gasteiger charge is -2.15. The van der Waals surface area contributed by atoms with Gasteiger partial charge in [-0.05, 0) is 37.3 Å². The van der Waals surface area contributed by atoms with Crippen LogP contribution in [0, 0.1) is 5.92 Å². The number of ether oxygens (including phenoxy) is 1. The van der Waals surface area contributed by atoms with Gasteiger partial charge in [0.05, 0.1) is 18.7 Å². The molecule has 2 aromatic carbocycles. The maximum absolute atomic E-state index is 12.6. The number of benzene rings is 2. The number of para-hydroxylation sites is 1. The normalized spacial score (nSPS) is 16.3. The molecule has 27 heavy (non-hydrogen) atoms. The standard InChI is InChI=1S/C20H18N2O5/c1-2-27-20(26)13-7-6-8-14(11-13)21-18(24)17-16(23)12-22(19(17)25)15-9-4-3-5-10-15/h3-11,17H,2,12H2,1H3,(H,21,24)/t17-/m1/s1. The minimum atomic E-state index is -1.41. The van der Waals surface area contributed by atoms with Crippen LogP contribution in [0.2, 0.25) is 0 Å². The second-order valence-electron chi connectivity index (χ2n) is 5.95. The summed E-state index contributed by atoms with van der Waals surface area (Å²) >= 11 is 0. The summed E-state index contributed by atoms with van der Waals surface area (Å²) in [6.45, 7) is 1.78. The Balaban J connectivity index is 1.75. The maximum atomic E-state index is 12.6. The SMILES string of the molecule is CCOC(=O)c1cccc(NC(=O)[C@H]2C(=O)CN(c3ccccc3)C2=O)c1. The van der Waals surface area contributed by atoms with Crippen LogP contribution in [0.5, 0.6) is 0 Å². The van der Waals surface area contributed by atoms with Crippen LogP contribution in [0.4, 0.5) is 11.4 Å². The van der Waals surface area contributed by atoms with E-state index in [9.17, 15) is 19.2 Å². The number of nitrogens with zero attached hydrogens (tertiary/aromatic N) is 1. The molecule has 2 aromatic rings. The number of rotatable bonds is 5. The molecule has 138 valence electrons. The van der Waals surface area contributed by atoms with Gasteiger partial charge in [0, 0.05) is 11.4 Å². The number of amides is 2. The van der Waals surface area contributed by atoms with E-state index in [-0.39, 0.29) is 18.7 Å². The van der Waals surface area contributed by atoms with E-state index < -0.39 is 29.5 Å². The lowest BCUT2D eigenvalue weighted by atomic mass is 10.1. The first-order valence-corrected chi connectivity index (χ1v) is 8.48. The van der Waals surface area contributed by atoms with Crippen molar-refractivity contribution in [2.24, 2.45) is 5.92 Å². The zero-order valence-electron chi connectivity index (χ0n) is 14.7. The summed E-state index contributed by atoms with van der Waals surface area (Å²) in [6.07, 6.45) is 0. The Morgan fingerprint density at radius 2 is 1.85 bits per heavy atom. The van der Waals surface area contributed by atoms with E-state index in [4.69, 9.17) is 4.74 Å². The van der Waals surface area contributed by atoms with Gasteiger partial charge in [-0.25, -0.2) is 4.79 Å². The molecule has 1 fully saturated rings. The number of ketones is 1. The number of carbonyl (C=O) groups excluding carboxylic acids is 4. The fraction of sp³-hybridized carbons (Fsp3) is 0.200. The van der Waals surface area contributed by atoms with E-state index >= 15 is 0 Å². The van der Waals surface area contributed by atoms with Crippen molar-refractivity contribution in [1.82, 2.24) is 0 Å². The van der Waals surface area contributed by atoms with Crippen LogP contribution in [-0.2, 0) is 19.1 Å². The fourth-order valence-corrected chi connectivity index (χ4v) is 2.86. The number of carbonyl (C=O) groups is 4. The molecule has 1 atom stereocenters. The molecule has 0 radical (unpaired) electrons. The average Bonchev–Trinajstić information content (AvgIpc) is 2.97. The third kappa shape index (κ3) is 3.87. The number of hydrogen-bond acceptors (Lipinski definition) is 5. The highest BCUT2D eigenvalue weighted by atomic mass is 16.5. The Bertz CT molecular complexity index is 894. The average molecular weight is 366 g/mol. The van der Waals surface area contributed by atoms with Crippen LogP contribution in [0.15, 0.2) is 54.6 Å². The minimum absolute atomic E-state index is 0.149. The summed E-state index contributed by atoms with van der Waals surface area (Å²) in [5, 5.41) is 2.54. The third-order valence-electron chi connectivity index (χ3n) is 4.12. The van der Waals surface area contributed by atoms with Crippen molar-refractivity contribution < 1.29 is 23.9 Å². The van der Waals surface area contributed by atoms with Crippen LogP contribution in [0.3, 0.4) is 0 Å². The van der Waals surface area contributed by atoms with Crippen molar-refractivity contribution in [3.8, 4) is 0 Å². The van der Waals surface area contributed by atoms with Crippen LogP contribution in [0.1, 0.15) is 17.3 Å². The molecule has 1 aliphatic rings. The van der Waals surface area contributed by atoms with Gasteiger partial charge in [0.1, 0.15) is 0 Å².